The fourth-order valence-corrected chi connectivity index (χ4v) is 1.62. The molecule has 98 valence electrons. The van der Waals surface area contributed by atoms with Crippen LogP contribution in [0.3, 0.4) is 0 Å². The Hall–Kier alpha value is -2.56. The van der Waals surface area contributed by atoms with Crippen molar-refractivity contribution in [2.75, 3.05) is 0 Å². The van der Waals surface area contributed by atoms with Crippen molar-refractivity contribution in [1.29, 1.82) is 0 Å². The minimum Gasteiger partial charge on any atom is -0.457 e. The third-order valence-electron chi connectivity index (χ3n) is 2.56. The van der Waals surface area contributed by atoms with E-state index in [1.807, 2.05) is 13.0 Å². The maximum Gasteiger partial charge on any atom is 0.173 e. The molecule has 0 radical (unpaired) electrons. The number of amidine groups is 1. The number of hydrogen-bond donors (Lipinski definition) is 2. The van der Waals surface area contributed by atoms with Gasteiger partial charge in [0.05, 0.1) is 5.56 Å². The van der Waals surface area contributed by atoms with Crippen LogP contribution in [0, 0.1) is 12.7 Å². The molecule has 0 bridgehead atoms. The summed E-state index contributed by atoms with van der Waals surface area (Å²) in [6.07, 6.45) is 0. The summed E-state index contributed by atoms with van der Waals surface area (Å²) in [6, 6.07) is 10.9. The third kappa shape index (κ3) is 3.01. The Labute approximate surface area is 109 Å². The molecule has 19 heavy (non-hydrogen) atoms. The second-order valence-electron chi connectivity index (χ2n) is 4.04. The lowest BCUT2D eigenvalue weighted by Gasteiger charge is -2.11. The highest BCUT2D eigenvalue weighted by Crippen LogP contribution is 2.26. The van der Waals surface area contributed by atoms with Crippen molar-refractivity contribution in [3.8, 4) is 11.5 Å². The number of benzene rings is 2. The summed E-state index contributed by atoms with van der Waals surface area (Å²) in [5.41, 5.74) is 7.03. The molecule has 0 atom stereocenters. The number of halogens is 1. The van der Waals surface area contributed by atoms with Gasteiger partial charge in [-0.25, -0.2) is 4.39 Å². The van der Waals surface area contributed by atoms with Crippen molar-refractivity contribution in [3.05, 3.63) is 59.4 Å². The van der Waals surface area contributed by atoms with E-state index in [1.54, 1.807) is 12.1 Å². The topological polar surface area (TPSA) is 67.8 Å². The zero-order valence-electron chi connectivity index (χ0n) is 10.3. The van der Waals surface area contributed by atoms with E-state index in [9.17, 15) is 4.39 Å². The molecule has 4 nitrogen and oxygen atoms in total. The van der Waals surface area contributed by atoms with E-state index >= 15 is 0 Å². The van der Waals surface area contributed by atoms with Crippen LogP contribution in [0.4, 0.5) is 4.39 Å². The number of oxime groups is 1. The zero-order valence-corrected chi connectivity index (χ0v) is 10.3. The van der Waals surface area contributed by atoms with Gasteiger partial charge in [0.2, 0.25) is 0 Å². The van der Waals surface area contributed by atoms with Crippen LogP contribution in [0.1, 0.15) is 11.1 Å². The standard InChI is InChI=1S/C14H13FN2O2/c1-9-2-7-13(12(8-9)14(16)17-18)19-11-5-3-10(15)4-6-11/h2-8,18H,1H3,(H2,16,17). The lowest BCUT2D eigenvalue weighted by Crippen LogP contribution is -2.14. The van der Waals surface area contributed by atoms with Crippen LogP contribution < -0.4 is 10.5 Å². The zero-order chi connectivity index (χ0) is 13.8. The van der Waals surface area contributed by atoms with Crippen LogP contribution >= 0.6 is 0 Å². The fourth-order valence-electron chi connectivity index (χ4n) is 1.62. The summed E-state index contributed by atoms with van der Waals surface area (Å²) < 4.78 is 18.4. The van der Waals surface area contributed by atoms with E-state index in [0.717, 1.165) is 5.56 Å². The van der Waals surface area contributed by atoms with Gasteiger partial charge in [0.25, 0.3) is 0 Å². The van der Waals surface area contributed by atoms with Crippen molar-refractivity contribution < 1.29 is 14.3 Å². The SMILES string of the molecule is Cc1ccc(Oc2ccc(F)cc2)c(/C(N)=N/O)c1. The first-order valence-electron chi connectivity index (χ1n) is 5.62. The van der Waals surface area contributed by atoms with Gasteiger partial charge in [0, 0.05) is 0 Å². The molecule has 0 amide bonds. The average molecular weight is 260 g/mol. The van der Waals surface area contributed by atoms with Crippen LogP contribution in [0.5, 0.6) is 11.5 Å². The Morgan fingerprint density at radius 3 is 2.53 bits per heavy atom. The van der Waals surface area contributed by atoms with Crippen LogP contribution in [-0.4, -0.2) is 11.0 Å². The first-order chi connectivity index (χ1) is 9.10. The second kappa shape index (κ2) is 5.39. The lowest BCUT2D eigenvalue weighted by molar-refractivity contribution is 0.318. The molecule has 0 unspecified atom stereocenters. The van der Waals surface area contributed by atoms with Crippen molar-refractivity contribution >= 4 is 5.84 Å². The molecular weight excluding hydrogens is 247 g/mol. The highest BCUT2D eigenvalue weighted by atomic mass is 19.1. The number of hydrogen-bond acceptors (Lipinski definition) is 3. The van der Waals surface area contributed by atoms with Crippen molar-refractivity contribution in [3.63, 3.8) is 0 Å². The Balaban J connectivity index is 2.37. The third-order valence-corrected chi connectivity index (χ3v) is 2.56. The average Bonchev–Trinajstić information content (AvgIpc) is 2.42. The monoisotopic (exact) mass is 260 g/mol. The maximum atomic E-state index is 12.8. The number of ether oxygens (including phenoxy) is 1. The molecule has 0 aliphatic carbocycles. The van der Waals surface area contributed by atoms with E-state index in [1.165, 1.54) is 24.3 Å². The van der Waals surface area contributed by atoms with Gasteiger partial charge in [0.1, 0.15) is 17.3 Å². The number of rotatable bonds is 3. The van der Waals surface area contributed by atoms with Crippen molar-refractivity contribution in [2.45, 2.75) is 6.92 Å². The van der Waals surface area contributed by atoms with Crippen LogP contribution in [0.25, 0.3) is 0 Å². The van der Waals surface area contributed by atoms with Gasteiger partial charge in [-0.2, -0.15) is 0 Å². The fraction of sp³-hybridized carbons (Fsp3) is 0.0714. The molecule has 2 aromatic rings. The van der Waals surface area contributed by atoms with Gasteiger partial charge in [-0.1, -0.05) is 16.8 Å². The van der Waals surface area contributed by atoms with Gasteiger partial charge in [-0.05, 0) is 43.3 Å². The van der Waals surface area contributed by atoms with E-state index in [-0.39, 0.29) is 11.7 Å². The molecule has 0 aliphatic heterocycles. The first-order valence-corrected chi connectivity index (χ1v) is 5.62. The molecule has 0 aromatic heterocycles. The van der Waals surface area contributed by atoms with Crippen molar-refractivity contribution in [2.24, 2.45) is 10.9 Å². The van der Waals surface area contributed by atoms with E-state index in [2.05, 4.69) is 5.16 Å². The number of nitrogens with two attached hydrogens (primary N) is 1. The molecule has 0 aliphatic rings. The Morgan fingerprint density at radius 1 is 1.21 bits per heavy atom. The van der Waals surface area contributed by atoms with Crippen LogP contribution in [-0.2, 0) is 0 Å². The van der Waals surface area contributed by atoms with Crippen LogP contribution in [0.15, 0.2) is 47.6 Å². The Bertz CT molecular complexity index is 609. The van der Waals surface area contributed by atoms with E-state index in [0.29, 0.717) is 17.1 Å². The molecule has 0 heterocycles. The Morgan fingerprint density at radius 2 is 1.89 bits per heavy atom. The number of nitrogens with zero attached hydrogens (tertiary/aromatic N) is 1. The number of aryl methyl sites for hydroxylation is 1. The molecule has 2 rings (SSSR count). The van der Waals surface area contributed by atoms with E-state index < -0.39 is 0 Å². The molecule has 5 heteroatoms. The van der Waals surface area contributed by atoms with Gasteiger partial charge >= 0.3 is 0 Å². The van der Waals surface area contributed by atoms with Gasteiger partial charge in [0.15, 0.2) is 5.84 Å². The lowest BCUT2D eigenvalue weighted by atomic mass is 10.1. The summed E-state index contributed by atoms with van der Waals surface area (Å²) in [6.45, 7) is 1.88. The van der Waals surface area contributed by atoms with Gasteiger partial charge < -0.3 is 15.7 Å². The summed E-state index contributed by atoms with van der Waals surface area (Å²) in [4.78, 5) is 0. The minimum absolute atomic E-state index is 0.0409. The van der Waals surface area contributed by atoms with E-state index in [4.69, 9.17) is 15.7 Å². The van der Waals surface area contributed by atoms with Crippen LogP contribution in [0.2, 0.25) is 0 Å². The maximum absolute atomic E-state index is 12.8. The Kier molecular flexibility index (Phi) is 3.66. The predicted octanol–water partition coefficient (Wildman–Crippen LogP) is 3.02. The molecule has 0 saturated heterocycles. The summed E-state index contributed by atoms with van der Waals surface area (Å²) >= 11 is 0. The van der Waals surface area contributed by atoms with Gasteiger partial charge in [-0.15, -0.1) is 0 Å². The highest BCUT2D eigenvalue weighted by Gasteiger charge is 2.09. The molecule has 0 saturated carbocycles. The molecule has 2 aromatic carbocycles. The normalized spacial score (nSPS) is 11.4. The summed E-state index contributed by atoms with van der Waals surface area (Å²) in [7, 11) is 0. The second-order valence-corrected chi connectivity index (χ2v) is 4.04. The minimum atomic E-state index is -0.340. The van der Waals surface area contributed by atoms with Gasteiger partial charge in [-0.3, -0.25) is 0 Å². The quantitative estimate of drug-likeness (QED) is 0.386. The largest absolute Gasteiger partial charge is 0.457 e. The highest BCUT2D eigenvalue weighted by molar-refractivity contribution is 5.99. The summed E-state index contributed by atoms with van der Waals surface area (Å²) in [5, 5.41) is 11.7. The molecule has 3 N–H and O–H groups in total. The molecule has 0 fully saturated rings. The molecular formula is C14H13FN2O2. The predicted molar refractivity (Wildman–Crippen MR) is 70.2 cm³/mol. The smallest absolute Gasteiger partial charge is 0.173 e. The van der Waals surface area contributed by atoms with Crippen molar-refractivity contribution in [1.82, 2.24) is 0 Å². The first kappa shape index (κ1) is 12.9. The summed E-state index contributed by atoms with van der Waals surface area (Å²) in [5.74, 6) is 0.526. The molecule has 0 spiro atoms.